The van der Waals surface area contributed by atoms with Crippen LogP contribution >= 0.6 is 7.82 Å². The molecule has 1 rings (SSSR count). The van der Waals surface area contributed by atoms with Crippen LogP contribution in [0, 0.1) is 0 Å². The van der Waals surface area contributed by atoms with Gasteiger partial charge in [-0.1, -0.05) is 289 Å². The molecule has 0 aromatic heterocycles. The maximum Gasteiger partial charge on any atom is 0.472 e. The third-order valence-electron chi connectivity index (χ3n) is 15.1. The lowest BCUT2D eigenvalue weighted by atomic mass is 9.85. The molecule has 0 spiro atoms. The summed E-state index contributed by atoms with van der Waals surface area (Å²) in [7, 11) is -5.08. The average molecular weight is 1050 g/mol. The minimum atomic E-state index is -5.08. The van der Waals surface area contributed by atoms with Crippen LogP contribution in [0.5, 0.6) is 0 Å². The molecule has 1 amide bonds. The highest BCUT2D eigenvalue weighted by Gasteiger charge is 2.51. The fourth-order valence-corrected chi connectivity index (χ4v) is 11.1. The van der Waals surface area contributed by atoms with E-state index in [2.05, 4.69) is 19.2 Å². The van der Waals surface area contributed by atoms with Gasteiger partial charge in [0.05, 0.1) is 18.8 Å². The number of rotatable bonds is 53. The number of nitrogens with one attached hydrogen (secondary N) is 1. The van der Waals surface area contributed by atoms with Crippen molar-refractivity contribution in [3.63, 3.8) is 0 Å². The van der Waals surface area contributed by atoms with Crippen LogP contribution in [0.3, 0.4) is 0 Å². The molecular formula is C59H116NO11P. The highest BCUT2D eigenvalue weighted by molar-refractivity contribution is 7.47. The number of hydrogen-bond donors (Lipinski definition) is 8. The number of aliphatic hydroxyl groups excluding tert-OH is 6. The average Bonchev–Trinajstić information content (AvgIpc) is 3.37. The van der Waals surface area contributed by atoms with E-state index >= 15 is 0 Å². The number of carbonyl (C=O) groups excluding carboxylic acids is 1. The van der Waals surface area contributed by atoms with Gasteiger partial charge in [0.1, 0.15) is 36.6 Å². The Bertz CT molecular complexity index is 1260. The van der Waals surface area contributed by atoms with E-state index in [1.165, 1.54) is 231 Å². The van der Waals surface area contributed by atoms with E-state index in [4.69, 9.17) is 9.05 Å². The van der Waals surface area contributed by atoms with E-state index in [-0.39, 0.29) is 12.3 Å². The molecule has 0 aromatic carbocycles. The van der Waals surface area contributed by atoms with Crippen molar-refractivity contribution in [1.82, 2.24) is 5.32 Å². The van der Waals surface area contributed by atoms with Crippen LogP contribution in [0.2, 0.25) is 0 Å². The molecule has 1 aliphatic rings. The van der Waals surface area contributed by atoms with Gasteiger partial charge >= 0.3 is 7.82 Å². The molecule has 8 N–H and O–H groups in total. The van der Waals surface area contributed by atoms with Gasteiger partial charge in [0.15, 0.2) is 0 Å². The Hall–Kier alpha value is -0.920. The third-order valence-corrected chi connectivity index (χ3v) is 16.1. The van der Waals surface area contributed by atoms with Crippen LogP contribution in [0.4, 0.5) is 0 Å². The largest absolute Gasteiger partial charge is 0.472 e. The molecule has 13 heteroatoms. The Morgan fingerprint density at radius 2 is 0.736 bits per heavy atom. The van der Waals surface area contributed by atoms with Crippen LogP contribution in [0.15, 0.2) is 12.2 Å². The normalized spacial score (nSPS) is 21.1. The Kier molecular flexibility index (Phi) is 46.5. The predicted molar refractivity (Wildman–Crippen MR) is 297 cm³/mol. The summed E-state index contributed by atoms with van der Waals surface area (Å²) in [6.07, 6.45) is 47.3. The van der Waals surface area contributed by atoms with Crippen molar-refractivity contribution in [2.45, 2.75) is 352 Å². The van der Waals surface area contributed by atoms with Crippen molar-refractivity contribution in [3.05, 3.63) is 12.2 Å². The van der Waals surface area contributed by atoms with Crippen molar-refractivity contribution >= 4 is 13.7 Å². The Labute approximate surface area is 441 Å². The summed E-state index contributed by atoms with van der Waals surface area (Å²) in [5, 5.41) is 64.4. The van der Waals surface area contributed by atoms with Crippen LogP contribution in [-0.4, -0.2) is 96.8 Å². The molecule has 1 fully saturated rings. The first-order valence-corrected chi connectivity index (χ1v) is 32.1. The zero-order valence-electron chi connectivity index (χ0n) is 46.5. The fourth-order valence-electron chi connectivity index (χ4n) is 10.1. The highest BCUT2D eigenvalue weighted by atomic mass is 31.2. The number of phosphoric ester groups is 1. The molecule has 0 heterocycles. The van der Waals surface area contributed by atoms with Gasteiger partial charge in [-0.25, -0.2) is 4.57 Å². The molecular weight excluding hydrogens is 930 g/mol. The molecule has 12 nitrogen and oxygen atoms in total. The molecule has 0 bridgehead atoms. The first-order valence-electron chi connectivity index (χ1n) is 30.6. The predicted octanol–water partition coefficient (Wildman–Crippen LogP) is 14.3. The van der Waals surface area contributed by atoms with E-state index in [0.29, 0.717) is 6.42 Å². The molecule has 0 saturated heterocycles. The summed E-state index contributed by atoms with van der Waals surface area (Å²) in [6, 6.07) is -1.11. The third kappa shape index (κ3) is 38.6. The summed E-state index contributed by atoms with van der Waals surface area (Å²) in [5.41, 5.74) is 0. The minimum absolute atomic E-state index is 0.220. The maximum atomic E-state index is 13.1. The van der Waals surface area contributed by atoms with Gasteiger partial charge in [0, 0.05) is 6.42 Å². The second-order valence-electron chi connectivity index (χ2n) is 21.9. The number of unbranched alkanes of at least 4 members (excludes halogenated alkanes) is 42. The fraction of sp³-hybridized carbons (Fsp3) is 0.949. The maximum absolute atomic E-state index is 13.1. The van der Waals surface area contributed by atoms with E-state index in [0.717, 1.165) is 44.9 Å². The van der Waals surface area contributed by atoms with E-state index in [1.807, 2.05) is 6.08 Å². The lowest BCUT2D eigenvalue weighted by molar-refractivity contribution is -0.220. The number of aliphatic hydroxyl groups is 6. The van der Waals surface area contributed by atoms with Crippen molar-refractivity contribution < 1.29 is 53.9 Å². The van der Waals surface area contributed by atoms with Crippen LogP contribution in [0.1, 0.15) is 303 Å². The molecule has 1 saturated carbocycles. The Morgan fingerprint density at radius 1 is 0.458 bits per heavy atom. The quantitative estimate of drug-likeness (QED) is 0.0163. The first kappa shape index (κ1) is 69.1. The number of amides is 1. The van der Waals surface area contributed by atoms with E-state index < -0.39 is 63.2 Å². The monoisotopic (exact) mass is 1050 g/mol. The minimum Gasteiger partial charge on any atom is -0.387 e. The van der Waals surface area contributed by atoms with Gasteiger partial charge in [0.25, 0.3) is 0 Å². The molecule has 6 unspecified atom stereocenters. The van der Waals surface area contributed by atoms with Crippen LogP contribution in [-0.2, 0) is 18.4 Å². The summed E-state index contributed by atoms with van der Waals surface area (Å²) in [4.78, 5) is 23.6. The zero-order chi connectivity index (χ0) is 52.8. The molecule has 0 aromatic rings. The Morgan fingerprint density at radius 3 is 1.06 bits per heavy atom. The van der Waals surface area contributed by atoms with Gasteiger partial charge < -0.3 is 40.8 Å². The lowest BCUT2D eigenvalue weighted by Crippen LogP contribution is -2.64. The molecule has 9 atom stereocenters. The summed E-state index contributed by atoms with van der Waals surface area (Å²) in [5.74, 6) is -0.333. The van der Waals surface area contributed by atoms with E-state index in [9.17, 15) is 44.9 Å². The lowest BCUT2D eigenvalue weighted by Gasteiger charge is -2.41. The zero-order valence-corrected chi connectivity index (χ0v) is 47.4. The standard InChI is InChI=1S/C59H116NO11P/c1-3-5-7-9-11-13-15-17-19-21-22-23-24-25-26-27-28-29-30-31-33-35-37-39-41-43-45-47-49-53(62)60-51(50-70-72(68,69)71-59-57(66)55(64)54(63)56(65)58(59)67)52(61)48-46-44-42-40-38-36-34-32-20-18-16-14-12-10-8-6-4-2/h46,48,51-52,54-59,61,63-67H,3-45,47,49-50H2,1-2H3,(H,60,62)(H,68,69)/b48-46+/t51-,52+,54?,55+,56?,57?,58?,59?/m0/s1. The van der Waals surface area contributed by atoms with Crippen LogP contribution < -0.4 is 5.32 Å². The van der Waals surface area contributed by atoms with Crippen molar-refractivity contribution in [2.24, 2.45) is 0 Å². The van der Waals surface area contributed by atoms with Gasteiger partial charge in [-0.15, -0.1) is 0 Å². The number of carbonyl (C=O) groups is 1. The second-order valence-corrected chi connectivity index (χ2v) is 23.3. The SMILES string of the molecule is CCCCCCCCCCCCCCCCC/C=C/[C@@H](O)[C@H](COP(=O)(O)OC1C(O)C(O)C(O)[C@@H](O)C1O)NC(=O)CCCCCCCCCCCCCCCCCCCCCCCCCCCCCC. The molecule has 0 radical (unpaired) electrons. The van der Waals surface area contributed by atoms with Gasteiger partial charge in [-0.3, -0.25) is 13.8 Å². The van der Waals surface area contributed by atoms with Crippen molar-refractivity contribution in [2.75, 3.05) is 6.61 Å². The van der Waals surface area contributed by atoms with Gasteiger partial charge in [-0.2, -0.15) is 0 Å². The summed E-state index contributed by atoms with van der Waals surface area (Å²) < 4.78 is 23.1. The van der Waals surface area contributed by atoms with Gasteiger partial charge in [0.2, 0.25) is 5.91 Å². The topological polar surface area (TPSA) is 206 Å². The molecule has 72 heavy (non-hydrogen) atoms. The summed E-state index contributed by atoms with van der Waals surface area (Å²) in [6.45, 7) is 3.90. The van der Waals surface area contributed by atoms with E-state index in [1.54, 1.807) is 6.08 Å². The smallest absolute Gasteiger partial charge is 0.387 e. The molecule has 428 valence electrons. The number of hydrogen-bond acceptors (Lipinski definition) is 10. The number of phosphoric acid groups is 1. The Balaban J connectivity index is 2.27. The summed E-state index contributed by atoms with van der Waals surface area (Å²) >= 11 is 0. The van der Waals surface area contributed by atoms with Crippen molar-refractivity contribution in [1.29, 1.82) is 0 Å². The highest BCUT2D eigenvalue weighted by Crippen LogP contribution is 2.47. The first-order chi connectivity index (χ1) is 34.9. The van der Waals surface area contributed by atoms with Crippen molar-refractivity contribution in [3.8, 4) is 0 Å². The second kappa shape index (κ2) is 48.5. The molecule has 1 aliphatic carbocycles. The molecule has 0 aliphatic heterocycles. The number of allylic oxidation sites excluding steroid dienone is 1. The van der Waals surface area contributed by atoms with Crippen LogP contribution in [0.25, 0.3) is 0 Å². The van der Waals surface area contributed by atoms with Gasteiger partial charge in [-0.05, 0) is 19.3 Å².